The smallest absolute Gasteiger partial charge is 0.338 e. The largest absolute Gasteiger partial charge is 0.456 e. The molecule has 0 saturated carbocycles. The van der Waals surface area contributed by atoms with Crippen molar-refractivity contribution in [1.82, 2.24) is 14.4 Å². The van der Waals surface area contributed by atoms with Gasteiger partial charge in [-0.15, -0.1) is 0 Å². The molecule has 0 radical (unpaired) electrons. The Morgan fingerprint density at radius 2 is 1.81 bits per heavy atom. The van der Waals surface area contributed by atoms with Gasteiger partial charge in [-0.3, -0.25) is 0 Å². The average molecular weight is 504 g/mol. The number of aromatic nitrogens is 1. The van der Waals surface area contributed by atoms with Crippen molar-refractivity contribution < 1.29 is 19.1 Å². The highest BCUT2D eigenvalue weighted by atomic mass is 16.6. The predicted molar refractivity (Wildman–Crippen MR) is 145 cm³/mol. The lowest BCUT2D eigenvalue weighted by Crippen LogP contribution is -2.50. The number of nitrogens with zero attached hydrogens (tertiary/aromatic N) is 3. The zero-order valence-electron chi connectivity index (χ0n) is 22.5. The molecular formula is C30H37N3O4. The number of hydrogen-bond acceptors (Lipinski definition) is 4. The summed E-state index contributed by atoms with van der Waals surface area (Å²) in [7, 11) is 1.80. The standard InChI is InChI=1S/C30H37N3O4/c1-6-7-16-31(5)29(36)32-19-27-25(17-23(32)20-34)24-10-8-9-11-26(24)33(27)18-21-12-14-22(15-13-21)28(35)37-30(2,3)4/h8-15,20,23H,6-7,16-19H2,1-5H3. The van der Waals surface area contributed by atoms with Crippen LogP contribution in [0.1, 0.15) is 67.7 Å². The van der Waals surface area contributed by atoms with Crippen molar-refractivity contribution >= 4 is 29.2 Å². The monoisotopic (exact) mass is 503 g/mol. The molecule has 7 nitrogen and oxygen atoms in total. The molecule has 2 heterocycles. The number of fused-ring (bicyclic) bond motifs is 3. The molecule has 1 aliphatic heterocycles. The van der Waals surface area contributed by atoms with Gasteiger partial charge in [-0.2, -0.15) is 0 Å². The number of esters is 1. The number of unbranched alkanes of at least 4 members (excludes halogenated alkanes) is 1. The van der Waals surface area contributed by atoms with Crippen molar-refractivity contribution in [2.24, 2.45) is 0 Å². The zero-order valence-corrected chi connectivity index (χ0v) is 22.5. The molecule has 2 aromatic carbocycles. The molecule has 0 N–H and O–H groups in total. The van der Waals surface area contributed by atoms with Crippen molar-refractivity contribution in [3.8, 4) is 0 Å². The number of aldehydes is 1. The van der Waals surface area contributed by atoms with E-state index in [1.54, 1.807) is 29.0 Å². The molecular weight excluding hydrogens is 466 g/mol. The molecule has 1 aromatic heterocycles. The molecule has 4 rings (SSSR count). The number of para-hydroxylation sites is 1. The van der Waals surface area contributed by atoms with Gasteiger partial charge in [0.05, 0.1) is 18.2 Å². The van der Waals surface area contributed by atoms with Crippen molar-refractivity contribution in [2.45, 2.75) is 71.7 Å². The first-order chi connectivity index (χ1) is 17.6. The first kappa shape index (κ1) is 26.5. The molecule has 0 bridgehead atoms. The normalized spacial score (nSPS) is 15.4. The van der Waals surface area contributed by atoms with Crippen molar-refractivity contribution in [3.63, 3.8) is 0 Å². The second kappa shape index (κ2) is 10.8. The fraction of sp³-hybridized carbons (Fsp3) is 0.433. The van der Waals surface area contributed by atoms with E-state index in [2.05, 4.69) is 23.6 Å². The van der Waals surface area contributed by atoms with Crippen LogP contribution in [0.4, 0.5) is 4.79 Å². The minimum Gasteiger partial charge on any atom is -0.456 e. The third-order valence-electron chi connectivity index (χ3n) is 6.83. The highest BCUT2D eigenvalue weighted by Crippen LogP contribution is 2.34. The number of hydrogen-bond donors (Lipinski definition) is 0. The second-order valence-electron chi connectivity index (χ2n) is 10.8. The van der Waals surface area contributed by atoms with Crippen LogP contribution in [0.25, 0.3) is 10.9 Å². The maximum atomic E-state index is 13.3. The Bertz CT molecular complexity index is 1290. The second-order valence-corrected chi connectivity index (χ2v) is 10.8. The lowest BCUT2D eigenvalue weighted by molar-refractivity contribution is -0.112. The molecule has 7 heteroatoms. The van der Waals surface area contributed by atoms with Gasteiger partial charge >= 0.3 is 12.0 Å². The van der Waals surface area contributed by atoms with Crippen molar-refractivity contribution in [2.75, 3.05) is 13.6 Å². The summed E-state index contributed by atoms with van der Waals surface area (Å²) in [4.78, 5) is 41.2. The quantitative estimate of drug-likeness (QED) is 0.319. The molecule has 2 amide bonds. The summed E-state index contributed by atoms with van der Waals surface area (Å²) < 4.78 is 7.72. The van der Waals surface area contributed by atoms with Crippen molar-refractivity contribution in [3.05, 3.63) is 70.9 Å². The Balaban J connectivity index is 1.66. The van der Waals surface area contributed by atoms with Gasteiger partial charge in [0.15, 0.2) is 0 Å². The number of carbonyl (C=O) groups is 3. The molecule has 0 aliphatic carbocycles. The Labute approximate surface area is 219 Å². The van der Waals surface area contributed by atoms with E-state index in [0.717, 1.165) is 46.9 Å². The molecule has 1 unspecified atom stereocenters. The summed E-state index contributed by atoms with van der Waals surface area (Å²) in [6.07, 6.45) is 3.32. The molecule has 0 spiro atoms. The Morgan fingerprint density at radius 1 is 1.11 bits per heavy atom. The van der Waals surface area contributed by atoms with Gasteiger partial charge in [0, 0.05) is 43.2 Å². The van der Waals surface area contributed by atoms with Gasteiger partial charge in [-0.25, -0.2) is 9.59 Å². The van der Waals surface area contributed by atoms with Crippen LogP contribution in [0.5, 0.6) is 0 Å². The van der Waals surface area contributed by atoms with Gasteiger partial charge in [0.2, 0.25) is 0 Å². The van der Waals surface area contributed by atoms with Gasteiger partial charge in [-0.05, 0) is 56.5 Å². The van der Waals surface area contributed by atoms with Crippen LogP contribution in [0.15, 0.2) is 48.5 Å². The first-order valence-electron chi connectivity index (χ1n) is 13.0. The maximum absolute atomic E-state index is 13.3. The van der Waals surface area contributed by atoms with Crippen LogP contribution in [0.3, 0.4) is 0 Å². The van der Waals surface area contributed by atoms with E-state index in [0.29, 0.717) is 31.6 Å². The van der Waals surface area contributed by atoms with E-state index in [4.69, 9.17) is 4.74 Å². The molecule has 0 saturated heterocycles. The molecule has 1 atom stereocenters. The molecule has 3 aromatic rings. The van der Waals surface area contributed by atoms with Crippen LogP contribution in [0.2, 0.25) is 0 Å². The van der Waals surface area contributed by atoms with E-state index in [-0.39, 0.29) is 12.0 Å². The summed E-state index contributed by atoms with van der Waals surface area (Å²) in [5.74, 6) is -0.343. The van der Waals surface area contributed by atoms with Crippen LogP contribution in [0, 0.1) is 0 Å². The van der Waals surface area contributed by atoms with E-state index in [9.17, 15) is 14.4 Å². The summed E-state index contributed by atoms with van der Waals surface area (Å²) in [6.45, 7) is 9.27. The summed E-state index contributed by atoms with van der Waals surface area (Å²) in [5.41, 5.74) is 4.24. The lowest BCUT2D eigenvalue weighted by Gasteiger charge is -2.36. The van der Waals surface area contributed by atoms with Crippen LogP contribution in [-0.4, -0.2) is 57.9 Å². The Hall–Kier alpha value is -3.61. The van der Waals surface area contributed by atoms with Gasteiger partial charge in [0.25, 0.3) is 0 Å². The van der Waals surface area contributed by atoms with E-state index >= 15 is 0 Å². The zero-order chi connectivity index (χ0) is 26.7. The van der Waals surface area contributed by atoms with E-state index < -0.39 is 11.6 Å². The third-order valence-corrected chi connectivity index (χ3v) is 6.83. The number of amides is 2. The number of benzene rings is 2. The lowest BCUT2D eigenvalue weighted by atomic mass is 9.97. The molecule has 196 valence electrons. The van der Waals surface area contributed by atoms with Crippen molar-refractivity contribution in [1.29, 1.82) is 0 Å². The summed E-state index contributed by atoms with van der Waals surface area (Å²) in [6, 6.07) is 15.1. The highest BCUT2D eigenvalue weighted by molar-refractivity contribution is 5.90. The molecule has 1 aliphatic rings. The summed E-state index contributed by atoms with van der Waals surface area (Å²) >= 11 is 0. The number of urea groups is 1. The molecule has 0 fully saturated rings. The molecule has 37 heavy (non-hydrogen) atoms. The average Bonchev–Trinajstić information content (AvgIpc) is 3.18. The fourth-order valence-corrected chi connectivity index (χ4v) is 4.92. The van der Waals surface area contributed by atoms with Crippen LogP contribution in [-0.2, 0) is 29.0 Å². The highest BCUT2D eigenvalue weighted by Gasteiger charge is 2.34. The minimum atomic E-state index is -0.549. The van der Waals surface area contributed by atoms with Gasteiger partial charge in [0.1, 0.15) is 11.9 Å². The number of ether oxygens (including phenoxy) is 1. The van der Waals surface area contributed by atoms with E-state index in [1.807, 2.05) is 45.0 Å². The number of rotatable bonds is 7. The topological polar surface area (TPSA) is 71.8 Å². The van der Waals surface area contributed by atoms with E-state index in [1.165, 1.54) is 0 Å². The minimum absolute atomic E-state index is 0.116. The first-order valence-corrected chi connectivity index (χ1v) is 13.0. The maximum Gasteiger partial charge on any atom is 0.338 e. The predicted octanol–water partition coefficient (Wildman–Crippen LogP) is 5.42. The van der Waals surface area contributed by atoms with Gasteiger partial charge in [-0.1, -0.05) is 43.7 Å². The summed E-state index contributed by atoms with van der Waals surface area (Å²) in [5, 5.41) is 1.11. The van der Waals surface area contributed by atoms with Crippen LogP contribution >= 0.6 is 0 Å². The van der Waals surface area contributed by atoms with Gasteiger partial charge < -0.3 is 23.9 Å². The fourth-order valence-electron chi connectivity index (χ4n) is 4.92. The third kappa shape index (κ3) is 5.71. The van der Waals surface area contributed by atoms with Crippen LogP contribution < -0.4 is 0 Å². The SMILES string of the molecule is CCCCN(C)C(=O)N1Cc2c(c3ccccc3n2Cc2ccc(C(=O)OC(C)(C)C)cc2)CC1C=O. The number of carbonyl (C=O) groups excluding carboxylic acids is 3. The Kier molecular flexibility index (Phi) is 7.71. The Morgan fingerprint density at radius 3 is 2.46 bits per heavy atom.